The molecule has 0 saturated heterocycles. The highest BCUT2D eigenvalue weighted by atomic mass is 79.9. The Hall–Kier alpha value is -2.99. The van der Waals surface area contributed by atoms with Crippen LogP contribution in [-0.4, -0.2) is 12.5 Å². The molecule has 3 rings (SSSR count). The highest BCUT2D eigenvalue weighted by Gasteiger charge is 2.12. The predicted molar refractivity (Wildman–Crippen MR) is 138 cm³/mol. The van der Waals surface area contributed by atoms with Crippen LogP contribution in [0.25, 0.3) is 0 Å². The van der Waals surface area contributed by atoms with E-state index in [4.69, 9.17) is 9.47 Å². The summed E-state index contributed by atoms with van der Waals surface area (Å²) in [6.45, 7) is 9.42. The Balaban J connectivity index is 1.66. The van der Waals surface area contributed by atoms with Crippen molar-refractivity contribution in [2.75, 3.05) is 17.2 Å². The number of hydrogen-bond donors (Lipinski definition) is 2. The van der Waals surface area contributed by atoms with Gasteiger partial charge in [0.05, 0.1) is 6.61 Å². The van der Waals surface area contributed by atoms with Crippen LogP contribution < -0.4 is 20.1 Å². The van der Waals surface area contributed by atoms with Crippen molar-refractivity contribution >= 4 is 33.2 Å². The van der Waals surface area contributed by atoms with Crippen molar-refractivity contribution in [1.29, 1.82) is 0 Å². The van der Waals surface area contributed by atoms with Gasteiger partial charge in [0.2, 0.25) is 5.91 Å². The van der Waals surface area contributed by atoms with E-state index in [-0.39, 0.29) is 11.8 Å². The average molecular weight is 511 g/mol. The van der Waals surface area contributed by atoms with Gasteiger partial charge in [-0.05, 0) is 61.4 Å². The van der Waals surface area contributed by atoms with E-state index in [1.54, 1.807) is 0 Å². The fourth-order valence-corrected chi connectivity index (χ4v) is 3.56. The lowest BCUT2D eigenvalue weighted by Gasteiger charge is -2.16. The molecule has 0 aliphatic rings. The monoisotopic (exact) mass is 510 g/mol. The number of halogens is 1. The molecular weight excluding hydrogens is 480 g/mol. The van der Waals surface area contributed by atoms with Crippen LogP contribution in [-0.2, 0) is 17.9 Å². The van der Waals surface area contributed by atoms with E-state index in [9.17, 15) is 4.79 Å². The Morgan fingerprint density at radius 2 is 1.58 bits per heavy atom. The number of nitrogens with one attached hydrogen (secondary N) is 2. The van der Waals surface area contributed by atoms with Gasteiger partial charge in [-0.2, -0.15) is 0 Å². The van der Waals surface area contributed by atoms with Crippen LogP contribution in [0.5, 0.6) is 11.5 Å². The van der Waals surface area contributed by atoms with Gasteiger partial charge in [-0.25, -0.2) is 0 Å². The molecule has 0 aromatic heterocycles. The van der Waals surface area contributed by atoms with E-state index in [1.807, 2.05) is 57.2 Å². The lowest BCUT2D eigenvalue weighted by Crippen LogP contribution is -2.17. The fourth-order valence-electron chi connectivity index (χ4n) is 3.09. The van der Waals surface area contributed by atoms with Crippen LogP contribution in [0.2, 0.25) is 0 Å². The summed E-state index contributed by atoms with van der Waals surface area (Å²) in [6.07, 6.45) is 0. The zero-order valence-corrected chi connectivity index (χ0v) is 21.2. The van der Waals surface area contributed by atoms with Gasteiger partial charge in [-0.1, -0.05) is 59.6 Å². The molecule has 0 unspecified atom stereocenters. The molecule has 0 saturated carbocycles. The first kappa shape index (κ1) is 24.6. The van der Waals surface area contributed by atoms with Gasteiger partial charge in [0.1, 0.15) is 6.61 Å². The Kier molecular flexibility index (Phi) is 8.78. The van der Waals surface area contributed by atoms with Gasteiger partial charge in [0.25, 0.3) is 0 Å². The fraction of sp³-hybridized carbons (Fsp3) is 0.296. The standard InChI is InChI=1S/C27H31BrN2O3/c1-5-32-25-14-21(16-29-22-10-12-23(13-11-22)30-27(31)18(2)3)24(28)15-26(25)33-17-20-8-6-19(4)7-9-20/h6-15,18,29H,5,16-17H2,1-4H3,(H,30,31). The van der Waals surface area contributed by atoms with Crippen molar-refractivity contribution in [3.8, 4) is 11.5 Å². The second-order valence-electron chi connectivity index (χ2n) is 8.17. The SMILES string of the molecule is CCOc1cc(CNc2ccc(NC(=O)C(C)C)cc2)c(Br)cc1OCc1ccc(C)cc1. The topological polar surface area (TPSA) is 59.6 Å². The number of carbonyl (C=O) groups excluding carboxylic acids is 1. The Labute approximate surface area is 204 Å². The van der Waals surface area contributed by atoms with Crippen molar-refractivity contribution in [2.45, 2.75) is 40.8 Å². The van der Waals surface area contributed by atoms with Crippen molar-refractivity contribution in [3.05, 3.63) is 81.8 Å². The minimum atomic E-state index is -0.0523. The quantitative estimate of drug-likeness (QED) is 0.310. The first-order valence-corrected chi connectivity index (χ1v) is 11.9. The maximum Gasteiger partial charge on any atom is 0.226 e. The number of amides is 1. The molecule has 6 heteroatoms. The highest BCUT2D eigenvalue weighted by molar-refractivity contribution is 9.10. The van der Waals surface area contributed by atoms with E-state index in [1.165, 1.54) is 5.56 Å². The molecule has 33 heavy (non-hydrogen) atoms. The molecule has 0 aliphatic heterocycles. The summed E-state index contributed by atoms with van der Waals surface area (Å²) in [5, 5.41) is 6.32. The smallest absolute Gasteiger partial charge is 0.226 e. The molecule has 3 aromatic rings. The first-order chi connectivity index (χ1) is 15.9. The highest BCUT2D eigenvalue weighted by Crippen LogP contribution is 2.35. The van der Waals surface area contributed by atoms with Crippen LogP contribution in [0.15, 0.2) is 65.1 Å². The Bertz CT molecular complexity index is 1060. The minimum Gasteiger partial charge on any atom is -0.490 e. The van der Waals surface area contributed by atoms with Gasteiger partial charge in [-0.3, -0.25) is 4.79 Å². The van der Waals surface area contributed by atoms with E-state index in [0.717, 1.165) is 32.7 Å². The normalized spacial score (nSPS) is 10.7. The van der Waals surface area contributed by atoms with Gasteiger partial charge in [-0.15, -0.1) is 0 Å². The molecule has 1 amide bonds. The molecule has 0 atom stereocenters. The molecule has 2 N–H and O–H groups in total. The maximum absolute atomic E-state index is 11.8. The van der Waals surface area contributed by atoms with E-state index in [0.29, 0.717) is 25.5 Å². The third-order valence-electron chi connectivity index (χ3n) is 5.09. The summed E-state index contributed by atoms with van der Waals surface area (Å²) in [5.41, 5.74) is 5.14. The van der Waals surface area contributed by atoms with Crippen molar-refractivity contribution in [3.63, 3.8) is 0 Å². The van der Waals surface area contributed by atoms with Gasteiger partial charge >= 0.3 is 0 Å². The number of carbonyl (C=O) groups is 1. The summed E-state index contributed by atoms with van der Waals surface area (Å²) in [5.74, 6) is 1.38. The van der Waals surface area contributed by atoms with Crippen molar-refractivity contribution < 1.29 is 14.3 Å². The van der Waals surface area contributed by atoms with Gasteiger partial charge in [0.15, 0.2) is 11.5 Å². The third kappa shape index (κ3) is 7.26. The summed E-state index contributed by atoms with van der Waals surface area (Å²) >= 11 is 3.67. The number of anilines is 2. The summed E-state index contributed by atoms with van der Waals surface area (Å²) in [4.78, 5) is 11.8. The van der Waals surface area contributed by atoms with E-state index >= 15 is 0 Å². The third-order valence-corrected chi connectivity index (χ3v) is 5.83. The van der Waals surface area contributed by atoms with Crippen molar-refractivity contribution in [2.24, 2.45) is 5.92 Å². The van der Waals surface area contributed by atoms with Crippen LogP contribution >= 0.6 is 15.9 Å². The Morgan fingerprint density at radius 3 is 2.21 bits per heavy atom. The molecule has 0 bridgehead atoms. The summed E-state index contributed by atoms with van der Waals surface area (Å²) < 4.78 is 12.9. The molecule has 174 valence electrons. The molecule has 0 aliphatic carbocycles. The van der Waals surface area contributed by atoms with Gasteiger partial charge < -0.3 is 20.1 Å². The van der Waals surface area contributed by atoms with Crippen LogP contribution in [0.4, 0.5) is 11.4 Å². The predicted octanol–water partition coefficient (Wildman–Crippen LogP) is 6.94. The molecule has 3 aromatic carbocycles. The maximum atomic E-state index is 11.8. The second-order valence-corrected chi connectivity index (χ2v) is 9.03. The summed E-state index contributed by atoms with van der Waals surface area (Å²) in [6, 6.07) is 20.0. The molecule has 0 spiro atoms. The first-order valence-electron chi connectivity index (χ1n) is 11.1. The molecule has 0 heterocycles. The number of ether oxygens (including phenoxy) is 2. The molecule has 0 radical (unpaired) electrons. The van der Waals surface area contributed by atoms with Crippen LogP contribution in [0.3, 0.4) is 0 Å². The number of hydrogen-bond acceptors (Lipinski definition) is 4. The molecule has 5 nitrogen and oxygen atoms in total. The number of benzene rings is 3. The average Bonchev–Trinajstić information content (AvgIpc) is 2.80. The molecular formula is C27H31BrN2O3. The zero-order chi connectivity index (χ0) is 23.8. The zero-order valence-electron chi connectivity index (χ0n) is 19.6. The largest absolute Gasteiger partial charge is 0.490 e. The van der Waals surface area contributed by atoms with Gasteiger partial charge in [0, 0.05) is 28.3 Å². The minimum absolute atomic E-state index is 0.00720. The summed E-state index contributed by atoms with van der Waals surface area (Å²) in [7, 11) is 0. The van der Waals surface area contributed by atoms with Crippen LogP contribution in [0.1, 0.15) is 37.5 Å². The van der Waals surface area contributed by atoms with Crippen LogP contribution in [0, 0.1) is 12.8 Å². The molecule has 0 fully saturated rings. The second kappa shape index (κ2) is 11.8. The Morgan fingerprint density at radius 1 is 0.939 bits per heavy atom. The van der Waals surface area contributed by atoms with E-state index in [2.05, 4.69) is 57.8 Å². The van der Waals surface area contributed by atoms with Crippen molar-refractivity contribution in [1.82, 2.24) is 0 Å². The number of rotatable bonds is 10. The van der Waals surface area contributed by atoms with E-state index < -0.39 is 0 Å². The lowest BCUT2D eigenvalue weighted by atomic mass is 10.1. The lowest BCUT2D eigenvalue weighted by molar-refractivity contribution is -0.118. The number of aryl methyl sites for hydroxylation is 1.